The van der Waals surface area contributed by atoms with Crippen LogP contribution in [0.1, 0.15) is 55.4 Å². The summed E-state index contributed by atoms with van der Waals surface area (Å²) < 4.78 is 0. The third-order valence-electron chi connectivity index (χ3n) is 4.73. The van der Waals surface area contributed by atoms with Crippen LogP contribution >= 0.6 is 0 Å². The van der Waals surface area contributed by atoms with Crippen molar-refractivity contribution < 1.29 is 0 Å². The van der Waals surface area contributed by atoms with Gasteiger partial charge in [0.25, 0.3) is 0 Å². The molecule has 1 N–H and O–H groups in total. The number of aryl methyl sites for hydroxylation is 3. The van der Waals surface area contributed by atoms with Gasteiger partial charge in [-0.3, -0.25) is 0 Å². The van der Waals surface area contributed by atoms with Crippen LogP contribution in [0.2, 0.25) is 0 Å². The Kier molecular flexibility index (Phi) is 3.82. The van der Waals surface area contributed by atoms with Crippen molar-refractivity contribution in [1.82, 2.24) is 5.32 Å². The van der Waals surface area contributed by atoms with Crippen LogP contribution in [0, 0.1) is 20.8 Å². The van der Waals surface area contributed by atoms with E-state index >= 15 is 0 Å². The highest BCUT2D eigenvalue weighted by Crippen LogP contribution is 2.42. The molecule has 1 aliphatic rings. The quantitative estimate of drug-likeness (QED) is 0.847. The summed E-state index contributed by atoms with van der Waals surface area (Å²) in [6, 6.07) is 5.50. The zero-order chi connectivity index (χ0) is 13.3. The van der Waals surface area contributed by atoms with Crippen molar-refractivity contribution in [2.75, 3.05) is 6.54 Å². The van der Waals surface area contributed by atoms with E-state index < -0.39 is 0 Å². The largest absolute Gasteiger partial charge is 0.314 e. The van der Waals surface area contributed by atoms with Gasteiger partial charge < -0.3 is 5.32 Å². The molecule has 100 valence electrons. The highest BCUT2D eigenvalue weighted by atomic mass is 14.9. The number of nitrogens with one attached hydrogen (secondary N) is 1. The van der Waals surface area contributed by atoms with E-state index in [1.165, 1.54) is 36.0 Å². The van der Waals surface area contributed by atoms with E-state index in [9.17, 15) is 0 Å². The second-order valence-electron chi connectivity index (χ2n) is 6.31. The Morgan fingerprint density at radius 3 is 2.50 bits per heavy atom. The molecule has 0 saturated heterocycles. The van der Waals surface area contributed by atoms with Crippen LogP contribution in [0.5, 0.6) is 0 Å². The molecule has 0 bridgehead atoms. The second-order valence-corrected chi connectivity index (χ2v) is 6.31. The lowest BCUT2D eigenvalue weighted by molar-refractivity contribution is 0.455. The van der Waals surface area contributed by atoms with Gasteiger partial charge in [0.2, 0.25) is 0 Å². The van der Waals surface area contributed by atoms with Crippen LogP contribution < -0.4 is 5.32 Å². The monoisotopic (exact) mass is 245 g/mol. The van der Waals surface area contributed by atoms with Crippen molar-refractivity contribution in [1.29, 1.82) is 0 Å². The molecule has 2 atom stereocenters. The Hall–Kier alpha value is -0.820. The van der Waals surface area contributed by atoms with E-state index in [4.69, 9.17) is 0 Å². The Labute approximate surface area is 112 Å². The van der Waals surface area contributed by atoms with Crippen molar-refractivity contribution in [3.63, 3.8) is 0 Å². The van der Waals surface area contributed by atoms with Crippen LogP contribution in [0.15, 0.2) is 12.1 Å². The van der Waals surface area contributed by atoms with E-state index in [0.29, 0.717) is 11.5 Å². The topological polar surface area (TPSA) is 12.0 Å². The van der Waals surface area contributed by atoms with Crippen molar-refractivity contribution in [3.8, 4) is 0 Å². The molecule has 1 nitrogen and oxygen atoms in total. The molecule has 2 unspecified atom stereocenters. The van der Waals surface area contributed by atoms with E-state index in [2.05, 4.69) is 52.1 Å². The van der Waals surface area contributed by atoms with Crippen LogP contribution in [-0.4, -0.2) is 12.6 Å². The average Bonchev–Trinajstić information content (AvgIpc) is 2.67. The molecule has 0 amide bonds. The molecule has 1 aliphatic carbocycles. The average molecular weight is 245 g/mol. The number of hydrogen-bond donors (Lipinski definition) is 1. The van der Waals surface area contributed by atoms with Gasteiger partial charge in [0.1, 0.15) is 0 Å². The molecule has 18 heavy (non-hydrogen) atoms. The van der Waals surface area contributed by atoms with Crippen LogP contribution in [0.4, 0.5) is 0 Å². The smallest absolute Gasteiger partial charge is 0.00756 e. The van der Waals surface area contributed by atoms with Gasteiger partial charge >= 0.3 is 0 Å². The fraction of sp³-hybridized carbons (Fsp3) is 0.647. The summed E-state index contributed by atoms with van der Waals surface area (Å²) in [6.07, 6.45) is 3.91. The summed E-state index contributed by atoms with van der Waals surface area (Å²) in [5.41, 5.74) is 6.27. The molecule has 0 radical (unpaired) electrons. The standard InChI is InChI=1S/C17H27N/c1-6-18-15-7-8-17(5,11-15)16-10-13(3)12(2)9-14(16)4/h9-10,15,18H,6-8,11H2,1-5H3. The Morgan fingerprint density at radius 1 is 1.17 bits per heavy atom. The first-order chi connectivity index (χ1) is 8.46. The SMILES string of the molecule is CCNC1CCC(C)(c2cc(C)c(C)cc2C)C1. The summed E-state index contributed by atoms with van der Waals surface area (Å²) in [4.78, 5) is 0. The fourth-order valence-electron chi connectivity index (χ4n) is 3.56. The third kappa shape index (κ3) is 2.47. The molecule has 1 aromatic carbocycles. The Bertz CT molecular complexity index is 435. The molecule has 1 fully saturated rings. The fourth-order valence-corrected chi connectivity index (χ4v) is 3.56. The van der Waals surface area contributed by atoms with Gasteiger partial charge in [-0.15, -0.1) is 0 Å². The first kappa shape index (κ1) is 13.6. The number of rotatable bonds is 3. The van der Waals surface area contributed by atoms with E-state index in [1.807, 2.05) is 0 Å². The summed E-state index contributed by atoms with van der Waals surface area (Å²) in [5, 5.41) is 3.61. The summed E-state index contributed by atoms with van der Waals surface area (Å²) in [7, 11) is 0. The van der Waals surface area contributed by atoms with Gasteiger partial charge in [-0.1, -0.05) is 26.0 Å². The Balaban J connectivity index is 2.29. The first-order valence-electron chi connectivity index (χ1n) is 7.28. The number of benzene rings is 1. The van der Waals surface area contributed by atoms with Crippen LogP contribution in [0.25, 0.3) is 0 Å². The molecule has 0 aliphatic heterocycles. The van der Waals surface area contributed by atoms with E-state index in [0.717, 1.165) is 6.54 Å². The van der Waals surface area contributed by atoms with Gasteiger partial charge in [0.05, 0.1) is 0 Å². The van der Waals surface area contributed by atoms with Gasteiger partial charge in [-0.2, -0.15) is 0 Å². The lowest BCUT2D eigenvalue weighted by Gasteiger charge is -2.28. The van der Waals surface area contributed by atoms with Gasteiger partial charge in [-0.05, 0) is 74.2 Å². The molecule has 2 rings (SSSR count). The van der Waals surface area contributed by atoms with Crippen LogP contribution in [0.3, 0.4) is 0 Å². The van der Waals surface area contributed by atoms with Crippen molar-refractivity contribution in [2.45, 2.75) is 65.3 Å². The number of hydrogen-bond acceptors (Lipinski definition) is 1. The molecule has 0 aromatic heterocycles. The molecule has 0 spiro atoms. The van der Waals surface area contributed by atoms with E-state index in [1.54, 1.807) is 5.56 Å². The predicted molar refractivity (Wildman–Crippen MR) is 79.3 cm³/mol. The third-order valence-corrected chi connectivity index (χ3v) is 4.73. The minimum absolute atomic E-state index is 0.370. The summed E-state index contributed by atoms with van der Waals surface area (Å²) >= 11 is 0. The maximum Gasteiger partial charge on any atom is 0.00756 e. The lowest BCUT2D eigenvalue weighted by atomic mass is 9.77. The molecular formula is C17H27N. The van der Waals surface area contributed by atoms with Crippen molar-refractivity contribution >= 4 is 0 Å². The van der Waals surface area contributed by atoms with Gasteiger partial charge in [0.15, 0.2) is 0 Å². The molecule has 1 saturated carbocycles. The minimum atomic E-state index is 0.370. The van der Waals surface area contributed by atoms with Crippen molar-refractivity contribution in [2.24, 2.45) is 0 Å². The normalized spacial score (nSPS) is 27.7. The molecule has 1 heteroatoms. The Morgan fingerprint density at radius 2 is 1.83 bits per heavy atom. The highest BCUT2D eigenvalue weighted by molar-refractivity contribution is 5.41. The lowest BCUT2D eigenvalue weighted by Crippen LogP contribution is -2.29. The molecular weight excluding hydrogens is 218 g/mol. The van der Waals surface area contributed by atoms with Gasteiger partial charge in [0, 0.05) is 6.04 Å². The van der Waals surface area contributed by atoms with Crippen LogP contribution in [-0.2, 0) is 5.41 Å². The molecule has 1 aromatic rings. The predicted octanol–water partition coefficient (Wildman–Crippen LogP) is 4.03. The van der Waals surface area contributed by atoms with Gasteiger partial charge in [-0.25, -0.2) is 0 Å². The zero-order valence-corrected chi connectivity index (χ0v) is 12.6. The van der Waals surface area contributed by atoms with E-state index in [-0.39, 0.29) is 0 Å². The summed E-state index contributed by atoms with van der Waals surface area (Å²) in [6.45, 7) is 12.5. The zero-order valence-electron chi connectivity index (χ0n) is 12.6. The maximum absolute atomic E-state index is 3.61. The highest BCUT2D eigenvalue weighted by Gasteiger charge is 2.37. The minimum Gasteiger partial charge on any atom is -0.314 e. The second kappa shape index (κ2) is 5.05. The maximum atomic E-state index is 3.61. The molecule has 0 heterocycles. The first-order valence-corrected chi connectivity index (χ1v) is 7.28. The summed E-state index contributed by atoms with van der Waals surface area (Å²) in [5.74, 6) is 0. The van der Waals surface area contributed by atoms with Crippen molar-refractivity contribution in [3.05, 3.63) is 34.4 Å².